The fraction of sp³-hybridized carbons (Fsp3) is 0.529. The van der Waals surface area contributed by atoms with Crippen molar-refractivity contribution in [3.8, 4) is 11.5 Å². The molecule has 0 spiro atoms. The molecule has 1 aromatic carbocycles. The van der Waals surface area contributed by atoms with Gasteiger partial charge in [0.15, 0.2) is 11.5 Å². The number of ether oxygens (including phenoxy) is 3. The number of hydrogen-bond donors (Lipinski definition) is 0. The van der Waals surface area contributed by atoms with Crippen LogP contribution in [0.5, 0.6) is 11.5 Å². The average molecular weight is 445 g/mol. The van der Waals surface area contributed by atoms with Gasteiger partial charge in [-0.15, -0.1) is 0 Å². The molecule has 0 amide bonds. The van der Waals surface area contributed by atoms with Crippen molar-refractivity contribution in [3.05, 3.63) is 23.3 Å². The number of nitrogens with zero attached hydrogens (tertiary/aromatic N) is 1. The van der Waals surface area contributed by atoms with Crippen LogP contribution in [0, 0.1) is 5.92 Å². The van der Waals surface area contributed by atoms with Crippen LogP contribution >= 0.6 is 12.2 Å². The number of thiocarbonyl (C=S) groups is 1. The molecular weight excluding hydrogens is 428 g/mol. The van der Waals surface area contributed by atoms with Crippen molar-refractivity contribution < 1.29 is 45.3 Å². The predicted molar refractivity (Wildman–Crippen MR) is 92.9 cm³/mol. The Balaban J connectivity index is 2.53. The maximum Gasteiger partial charge on any atom is 0.420 e. The third-order valence-corrected chi connectivity index (χ3v) is 5.00. The molecule has 162 valence electrons. The summed E-state index contributed by atoms with van der Waals surface area (Å²) in [7, 11) is 3.13. The van der Waals surface area contributed by atoms with Crippen LogP contribution in [0.2, 0.25) is 0 Å². The summed E-state index contributed by atoms with van der Waals surface area (Å²) in [6.45, 7) is -0.683. The van der Waals surface area contributed by atoms with E-state index in [9.17, 15) is 31.1 Å². The third-order valence-electron chi connectivity index (χ3n) is 4.53. The molecule has 0 saturated carbocycles. The fourth-order valence-electron chi connectivity index (χ4n) is 3.12. The standard InChI is InChI=1S/C17H17F6NO4S/c1-26-12-5-8(4-10(13(12)27-2)17(21,22)23)14(29)24-7-9(16(18,19)20)6-11(24)15(25)28-3/h4-5,9,11H,6-7H2,1-3H3/t9-,11?/m1/s1. The van der Waals surface area contributed by atoms with Gasteiger partial charge in [-0.1, -0.05) is 12.2 Å². The predicted octanol–water partition coefficient (Wildman–Crippen LogP) is 3.82. The number of methoxy groups -OCH3 is 3. The number of carbonyl (C=O) groups is 1. The van der Waals surface area contributed by atoms with Crippen molar-refractivity contribution >= 4 is 23.2 Å². The van der Waals surface area contributed by atoms with Crippen LogP contribution in [0.25, 0.3) is 0 Å². The smallest absolute Gasteiger partial charge is 0.420 e. The van der Waals surface area contributed by atoms with Crippen molar-refractivity contribution in [2.45, 2.75) is 24.8 Å². The highest BCUT2D eigenvalue weighted by Gasteiger charge is 2.51. The summed E-state index contributed by atoms with van der Waals surface area (Å²) >= 11 is 5.16. The van der Waals surface area contributed by atoms with Crippen LogP contribution in [0.4, 0.5) is 26.3 Å². The highest BCUT2D eigenvalue weighted by Crippen LogP contribution is 2.43. The van der Waals surface area contributed by atoms with Crippen LogP contribution in [0.1, 0.15) is 17.5 Å². The molecule has 0 aliphatic carbocycles. The summed E-state index contributed by atoms with van der Waals surface area (Å²) in [6.07, 6.45) is -10.1. The van der Waals surface area contributed by atoms with Gasteiger partial charge in [0.05, 0.1) is 27.2 Å². The Bertz CT molecular complexity index is 795. The minimum Gasteiger partial charge on any atom is -0.493 e. The highest BCUT2D eigenvalue weighted by molar-refractivity contribution is 7.80. The Kier molecular flexibility index (Phi) is 6.55. The Morgan fingerprint density at radius 1 is 1.10 bits per heavy atom. The van der Waals surface area contributed by atoms with Gasteiger partial charge in [-0.3, -0.25) is 0 Å². The van der Waals surface area contributed by atoms with Gasteiger partial charge >= 0.3 is 18.3 Å². The molecule has 0 radical (unpaired) electrons. The van der Waals surface area contributed by atoms with Gasteiger partial charge in [0.25, 0.3) is 0 Å². The zero-order valence-corrected chi connectivity index (χ0v) is 16.3. The normalized spacial score (nSPS) is 19.8. The molecule has 1 unspecified atom stereocenters. The molecule has 29 heavy (non-hydrogen) atoms. The molecule has 1 fully saturated rings. The molecule has 0 bridgehead atoms. The third kappa shape index (κ3) is 4.68. The molecule has 1 aliphatic rings. The van der Waals surface area contributed by atoms with Crippen LogP contribution in [-0.2, 0) is 15.7 Å². The van der Waals surface area contributed by atoms with Crippen LogP contribution < -0.4 is 9.47 Å². The van der Waals surface area contributed by atoms with E-state index in [0.29, 0.717) is 6.07 Å². The number of alkyl halides is 6. The van der Waals surface area contributed by atoms with Gasteiger partial charge in [-0.05, 0) is 18.6 Å². The lowest BCUT2D eigenvalue weighted by molar-refractivity contribution is -0.170. The van der Waals surface area contributed by atoms with E-state index in [1.807, 2.05) is 0 Å². The number of rotatable bonds is 4. The molecule has 0 N–H and O–H groups in total. The number of esters is 1. The zero-order valence-electron chi connectivity index (χ0n) is 15.5. The van der Waals surface area contributed by atoms with Crippen LogP contribution in [0.3, 0.4) is 0 Å². The summed E-state index contributed by atoms with van der Waals surface area (Å²) in [5.74, 6) is -3.74. The average Bonchev–Trinajstić information content (AvgIpc) is 3.10. The molecule has 1 saturated heterocycles. The minimum absolute atomic E-state index is 0.235. The van der Waals surface area contributed by atoms with Gasteiger partial charge in [0.1, 0.15) is 16.6 Å². The lowest BCUT2D eigenvalue weighted by Gasteiger charge is -2.26. The van der Waals surface area contributed by atoms with E-state index in [1.54, 1.807) is 0 Å². The van der Waals surface area contributed by atoms with Crippen molar-refractivity contribution in [3.63, 3.8) is 0 Å². The van der Waals surface area contributed by atoms with Crippen molar-refractivity contribution in [1.82, 2.24) is 4.90 Å². The Morgan fingerprint density at radius 2 is 1.72 bits per heavy atom. The summed E-state index contributed by atoms with van der Waals surface area (Å²) in [5, 5.41) is 0. The first-order valence-electron chi connectivity index (χ1n) is 8.13. The number of carbonyl (C=O) groups excluding carboxylic acids is 1. The fourth-order valence-corrected chi connectivity index (χ4v) is 3.44. The first-order chi connectivity index (χ1) is 13.3. The van der Waals surface area contributed by atoms with E-state index in [0.717, 1.165) is 32.3 Å². The Morgan fingerprint density at radius 3 is 2.17 bits per heavy atom. The first kappa shape index (κ1) is 23.0. The lowest BCUT2D eigenvalue weighted by Crippen LogP contribution is -2.41. The SMILES string of the molecule is COC(=O)C1C[C@@H](C(F)(F)F)CN1C(=S)c1cc(OC)c(OC)c(C(F)(F)F)c1. The number of halogens is 6. The van der Waals surface area contributed by atoms with Crippen LogP contribution in [-0.4, -0.2) is 56.0 Å². The molecule has 1 aromatic rings. The van der Waals surface area contributed by atoms with Crippen molar-refractivity contribution in [2.75, 3.05) is 27.9 Å². The molecular formula is C17H17F6NO4S. The van der Waals surface area contributed by atoms with Crippen molar-refractivity contribution in [1.29, 1.82) is 0 Å². The number of hydrogen-bond acceptors (Lipinski definition) is 5. The number of benzene rings is 1. The van der Waals surface area contributed by atoms with Gasteiger partial charge in [-0.2, -0.15) is 26.3 Å². The first-order valence-corrected chi connectivity index (χ1v) is 8.54. The largest absolute Gasteiger partial charge is 0.493 e. The van der Waals surface area contributed by atoms with Gasteiger partial charge in [0, 0.05) is 12.1 Å². The molecule has 2 atom stereocenters. The summed E-state index contributed by atoms with van der Waals surface area (Å²) in [4.78, 5) is 12.5. The van der Waals surface area contributed by atoms with E-state index < -0.39 is 54.6 Å². The molecule has 2 rings (SSSR count). The molecule has 5 nitrogen and oxygen atoms in total. The Labute approximate surface area is 167 Å². The Hall–Kier alpha value is -2.24. The molecule has 1 aliphatic heterocycles. The van der Waals surface area contributed by atoms with E-state index in [-0.39, 0.29) is 16.3 Å². The second kappa shape index (κ2) is 8.25. The summed E-state index contributed by atoms with van der Waals surface area (Å²) < 4.78 is 94.0. The maximum atomic E-state index is 13.4. The summed E-state index contributed by atoms with van der Waals surface area (Å²) in [6, 6.07) is 0.395. The van der Waals surface area contributed by atoms with E-state index in [4.69, 9.17) is 21.7 Å². The van der Waals surface area contributed by atoms with Crippen molar-refractivity contribution in [2.24, 2.45) is 5.92 Å². The topological polar surface area (TPSA) is 48.0 Å². The molecule has 12 heteroatoms. The van der Waals surface area contributed by atoms with E-state index >= 15 is 0 Å². The van der Waals surface area contributed by atoms with Crippen LogP contribution in [0.15, 0.2) is 12.1 Å². The molecule has 1 heterocycles. The monoisotopic (exact) mass is 445 g/mol. The lowest BCUT2D eigenvalue weighted by atomic mass is 10.1. The zero-order chi connectivity index (χ0) is 22.1. The van der Waals surface area contributed by atoms with Gasteiger partial charge in [-0.25, -0.2) is 4.79 Å². The molecule has 0 aromatic heterocycles. The van der Waals surface area contributed by atoms with E-state index in [1.165, 1.54) is 0 Å². The van der Waals surface area contributed by atoms with E-state index in [2.05, 4.69) is 4.74 Å². The second-order valence-electron chi connectivity index (χ2n) is 6.23. The van der Waals surface area contributed by atoms with Gasteiger partial charge < -0.3 is 19.1 Å². The number of likely N-dealkylation sites (tertiary alicyclic amines) is 1. The quantitative estimate of drug-likeness (QED) is 0.399. The second-order valence-corrected chi connectivity index (χ2v) is 6.61. The minimum atomic E-state index is -4.84. The van der Waals surface area contributed by atoms with Gasteiger partial charge in [0.2, 0.25) is 0 Å². The summed E-state index contributed by atoms with van der Waals surface area (Å²) in [5.41, 5.74) is -1.44. The highest BCUT2D eigenvalue weighted by atomic mass is 32.1. The maximum absolute atomic E-state index is 13.4.